The number of halogens is 1. The molecule has 1 aliphatic carbocycles. The Labute approximate surface area is 112 Å². The van der Waals surface area contributed by atoms with E-state index in [9.17, 15) is 0 Å². The van der Waals surface area contributed by atoms with Crippen molar-refractivity contribution in [3.8, 4) is 6.07 Å². The summed E-state index contributed by atoms with van der Waals surface area (Å²) in [5.41, 5.74) is 6.59. The Morgan fingerprint density at radius 3 is 2.83 bits per heavy atom. The number of nitrogens with zero attached hydrogens (tertiary/aromatic N) is 2. The molecule has 1 fully saturated rings. The second-order valence-electron chi connectivity index (χ2n) is 4.91. The highest BCUT2D eigenvalue weighted by Crippen LogP contribution is 2.28. The third kappa shape index (κ3) is 2.92. The Kier molecular flexibility index (Phi) is 4.05. The van der Waals surface area contributed by atoms with Crippen molar-refractivity contribution in [3.05, 3.63) is 22.8 Å². The third-order valence-electron chi connectivity index (χ3n) is 3.47. The van der Waals surface area contributed by atoms with Gasteiger partial charge in [-0.05, 0) is 18.9 Å². The van der Waals surface area contributed by atoms with Gasteiger partial charge in [0.05, 0.1) is 5.56 Å². The van der Waals surface area contributed by atoms with Crippen molar-refractivity contribution in [1.82, 2.24) is 4.98 Å². The molecule has 0 atom stereocenters. The van der Waals surface area contributed by atoms with Gasteiger partial charge in [0.25, 0.3) is 0 Å². The third-order valence-corrected chi connectivity index (χ3v) is 3.85. The monoisotopic (exact) mass is 264 g/mol. The van der Waals surface area contributed by atoms with E-state index >= 15 is 0 Å². The smallest absolute Gasteiger partial charge is 0.146 e. The van der Waals surface area contributed by atoms with Crippen LogP contribution in [0.25, 0.3) is 0 Å². The molecule has 0 spiro atoms. The maximum atomic E-state index is 8.90. The lowest BCUT2D eigenvalue weighted by Crippen LogP contribution is -2.47. The SMILES string of the molecule is N#Cc1ccnc(NCC2(N)CCCCC2)c1Cl. The lowest BCUT2D eigenvalue weighted by Gasteiger charge is -2.33. The maximum Gasteiger partial charge on any atom is 0.146 e. The summed E-state index contributed by atoms with van der Waals surface area (Å²) < 4.78 is 0. The van der Waals surface area contributed by atoms with Crippen molar-refractivity contribution in [2.45, 2.75) is 37.6 Å². The van der Waals surface area contributed by atoms with Crippen LogP contribution in [-0.4, -0.2) is 17.1 Å². The first kappa shape index (κ1) is 13.1. The lowest BCUT2D eigenvalue weighted by molar-refractivity contribution is 0.311. The zero-order valence-electron chi connectivity index (χ0n) is 10.2. The molecule has 0 radical (unpaired) electrons. The number of nitrogens with one attached hydrogen (secondary N) is 1. The van der Waals surface area contributed by atoms with Gasteiger partial charge in [-0.25, -0.2) is 4.98 Å². The van der Waals surface area contributed by atoms with Crippen molar-refractivity contribution in [2.75, 3.05) is 11.9 Å². The van der Waals surface area contributed by atoms with Gasteiger partial charge >= 0.3 is 0 Å². The molecule has 1 heterocycles. The van der Waals surface area contributed by atoms with E-state index in [1.54, 1.807) is 12.3 Å². The van der Waals surface area contributed by atoms with E-state index in [1.165, 1.54) is 19.3 Å². The van der Waals surface area contributed by atoms with E-state index < -0.39 is 0 Å². The van der Waals surface area contributed by atoms with Gasteiger partial charge in [-0.1, -0.05) is 30.9 Å². The van der Waals surface area contributed by atoms with Crippen molar-refractivity contribution in [1.29, 1.82) is 5.26 Å². The number of rotatable bonds is 3. The van der Waals surface area contributed by atoms with Gasteiger partial charge in [0.2, 0.25) is 0 Å². The van der Waals surface area contributed by atoms with Gasteiger partial charge < -0.3 is 11.1 Å². The molecule has 1 aromatic rings. The summed E-state index contributed by atoms with van der Waals surface area (Å²) in [5, 5.41) is 12.4. The molecule has 18 heavy (non-hydrogen) atoms. The summed E-state index contributed by atoms with van der Waals surface area (Å²) in [6.45, 7) is 0.647. The van der Waals surface area contributed by atoms with Gasteiger partial charge in [0.1, 0.15) is 16.9 Å². The molecule has 0 aliphatic heterocycles. The molecule has 0 amide bonds. The number of hydrogen-bond donors (Lipinski definition) is 2. The maximum absolute atomic E-state index is 8.90. The van der Waals surface area contributed by atoms with Crippen molar-refractivity contribution in [3.63, 3.8) is 0 Å². The largest absolute Gasteiger partial charge is 0.367 e. The van der Waals surface area contributed by atoms with E-state index in [4.69, 9.17) is 22.6 Å². The second kappa shape index (κ2) is 5.55. The first-order chi connectivity index (χ1) is 8.64. The van der Waals surface area contributed by atoms with Crippen LogP contribution in [0.3, 0.4) is 0 Å². The Hall–Kier alpha value is -1.31. The minimum Gasteiger partial charge on any atom is -0.367 e. The molecule has 0 aromatic carbocycles. The topological polar surface area (TPSA) is 74.7 Å². The van der Waals surface area contributed by atoms with Crippen LogP contribution >= 0.6 is 11.6 Å². The highest BCUT2D eigenvalue weighted by atomic mass is 35.5. The second-order valence-corrected chi connectivity index (χ2v) is 5.29. The van der Waals surface area contributed by atoms with E-state index in [-0.39, 0.29) is 5.54 Å². The quantitative estimate of drug-likeness (QED) is 0.880. The normalized spacial score (nSPS) is 18.1. The number of hydrogen-bond acceptors (Lipinski definition) is 4. The number of pyridine rings is 1. The predicted molar refractivity (Wildman–Crippen MR) is 72.5 cm³/mol. The number of anilines is 1. The van der Waals surface area contributed by atoms with E-state index in [2.05, 4.69) is 10.3 Å². The average Bonchev–Trinajstić information content (AvgIpc) is 2.38. The van der Waals surface area contributed by atoms with Gasteiger partial charge in [-0.2, -0.15) is 5.26 Å². The molecular formula is C13H17ClN4. The summed E-state index contributed by atoms with van der Waals surface area (Å²) in [6, 6.07) is 3.64. The average molecular weight is 265 g/mol. The first-order valence-electron chi connectivity index (χ1n) is 6.22. The van der Waals surface area contributed by atoms with Crippen LogP contribution in [-0.2, 0) is 0 Å². The molecule has 2 rings (SSSR count). The number of aromatic nitrogens is 1. The molecule has 4 nitrogen and oxygen atoms in total. The molecule has 5 heteroatoms. The van der Waals surface area contributed by atoms with Crippen LogP contribution in [0.5, 0.6) is 0 Å². The standard InChI is InChI=1S/C13H17ClN4/c14-11-10(8-15)4-7-17-12(11)18-9-13(16)5-2-1-3-6-13/h4,7H,1-3,5-6,9,16H2,(H,17,18). The van der Waals surface area contributed by atoms with E-state index in [0.717, 1.165) is 12.8 Å². The Morgan fingerprint density at radius 1 is 1.44 bits per heavy atom. The molecule has 1 aliphatic rings. The van der Waals surface area contributed by atoms with Crippen LogP contribution in [0.2, 0.25) is 5.02 Å². The van der Waals surface area contributed by atoms with Gasteiger partial charge in [0, 0.05) is 18.3 Å². The Bertz CT molecular complexity index is 461. The molecule has 96 valence electrons. The molecule has 0 bridgehead atoms. The molecule has 1 saturated carbocycles. The van der Waals surface area contributed by atoms with Gasteiger partial charge in [-0.15, -0.1) is 0 Å². The van der Waals surface area contributed by atoms with E-state index in [0.29, 0.717) is 22.9 Å². The minimum atomic E-state index is -0.175. The highest BCUT2D eigenvalue weighted by Gasteiger charge is 2.27. The molecular weight excluding hydrogens is 248 g/mol. The van der Waals surface area contributed by atoms with Crippen molar-refractivity contribution >= 4 is 17.4 Å². The molecule has 1 aromatic heterocycles. The number of nitriles is 1. The van der Waals surface area contributed by atoms with Crippen LogP contribution < -0.4 is 11.1 Å². The first-order valence-corrected chi connectivity index (χ1v) is 6.60. The van der Waals surface area contributed by atoms with Gasteiger partial charge in [-0.3, -0.25) is 0 Å². The summed E-state index contributed by atoms with van der Waals surface area (Å²) in [5.74, 6) is 0.547. The summed E-state index contributed by atoms with van der Waals surface area (Å²) >= 11 is 6.08. The number of nitrogens with two attached hydrogens (primary N) is 1. The fourth-order valence-electron chi connectivity index (χ4n) is 2.35. The van der Waals surface area contributed by atoms with Crippen LogP contribution in [0, 0.1) is 11.3 Å². The van der Waals surface area contributed by atoms with Crippen LogP contribution in [0.1, 0.15) is 37.7 Å². The fourth-order valence-corrected chi connectivity index (χ4v) is 2.57. The van der Waals surface area contributed by atoms with Crippen molar-refractivity contribution < 1.29 is 0 Å². The van der Waals surface area contributed by atoms with E-state index in [1.807, 2.05) is 6.07 Å². The predicted octanol–water partition coefficient (Wildman–Crippen LogP) is 2.68. The minimum absolute atomic E-state index is 0.175. The fraction of sp³-hybridized carbons (Fsp3) is 0.538. The highest BCUT2D eigenvalue weighted by molar-refractivity contribution is 6.34. The lowest BCUT2D eigenvalue weighted by atomic mass is 9.82. The van der Waals surface area contributed by atoms with Gasteiger partial charge in [0.15, 0.2) is 0 Å². The summed E-state index contributed by atoms with van der Waals surface area (Å²) in [7, 11) is 0. The zero-order chi connectivity index (χ0) is 13.0. The van der Waals surface area contributed by atoms with Crippen molar-refractivity contribution in [2.24, 2.45) is 5.73 Å². The summed E-state index contributed by atoms with van der Waals surface area (Å²) in [6.07, 6.45) is 7.25. The van der Waals surface area contributed by atoms with Crippen LogP contribution in [0.4, 0.5) is 5.82 Å². The molecule has 0 unspecified atom stereocenters. The Morgan fingerprint density at radius 2 is 2.17 bits per heavy atom. The Balaban J connectivity index is 2.04. The summed E-state index contributed by atoms with van der Waals surface area (Å²) in [4.78, 5) is 4.15. The molecule has 0 saturated heterocycles. The zero-order valence-corrected chi connectivity index (χ0v) is 11.0. The van der Waals surface area contributed by atoms with Crippen LogP contribution in [0.15, 0.2) is 12.3 Å². The molecule has 3 N–H and O–H groups in total.